The van der Waals surface area contributed by atoms with Crippen molar-refractivity contribution < 1.29 is 0 Å². The maximum absolute atomic E-state index is 4.81. The molecule has 0 aliphatic rings. The number of hydrogen-bond donors (Lipinski definition) is 0. The van der Waals surface area contributed by atoms with E-state index in [1.165, 1.54) is 22.1 Å². The van der Waals surface area contributed by atoms with Gasteiger partial charge < -0.3 is 0 Å². The van der Waals surface area contributed by atoms with E-state index in [1.807, 2.05) is 6.07 Å². The average Bonchev–Trinajstić information content (AvgIpc) is 2.39. The molecular formula is C17H15N. The van der Waals surface area contributed by atoms with Gasteiger partial charge >= 0.3 is 0 Å². The number of pyridine rings is 1. The van der Waals surface area contributed by atoms with E-state index >= 15 is 0 Å². The normalized spacial score (nSPS) is 10.8. The predicted octanol–water partition coefficient (Wildman–Crippen LogP) is 4.52. The van der Waals surface area contributed by atoms with Gasteiger partial charge in [0.2, 0.25) is 0 Å². The van der Waals surface area contributed by atoms with Crippen LogP contribution in [0, 0.1) is 13.8 Å². The van der Waals surface area contributed by atoms with Crippen LogP contribution >= 0.6 is 0 Å². The summed E-state index contributed by atoms with van der Waals surface area (Å²) in [7, 11) is 0. The lowest BCUT2D eigenvalue weighted by Gasteiger charge is -2.08. The zero-order valence-corrected chi connectivity index (χ0v) is 10.6. The number of fused-ring (bicyclic) bond motifs is 1. The van der Waals surface area contributed by atoms with E-state index in [4.69, 9.17) is 4.98 Å². The van der Waals surface area contributed by atoms with Gasteiger partial charge in [0.1, 0.15) is 0 Å². The molecule has 2 aromatic carbocycles. The second kappa shape index (κ2) is 4.26. The molecule has 0 saturated heterocycles. The first-order valence-corrected chi connectivity index (χ1v) is 6.17. The Morgan fingerprint density at radius 1 is 0.833 bits per heavy atom. The van der Waals surface area contributed by atoms with Crippen LogP contribution in [-0.2, 0) is 0 Å². The second-order valence-electron chi connectivity index (χ2n) is 4.72. The van der Waals surface area contributed by atoms with Gasteiger partial charge in [0.05, 0.1) is 11.2 Å². The van der Waals surface area contributed by atoms with Crippen LogP contribution < -0.4 is 0 Å². The Morgan fingerprint density at radius 3 is 2.39 bits per heavy atom. The highest BCUT2D eigenvalue weighted by molar-refractivity contribution is 5.83. The second-order valence-corrected chi connectivity index (χ2v) is 4.72. The summed E-state index contributed by atoms with van der Waals surface area (Å²) in [5, 5.41) is 1.21. The lowest BCUT2D eigenvalue weighted by Crippen LogP contribution is -1.90. The lowest BCUT2D eigenvalue weighted by molar-refractivity contribution is 1.32. The first-order chi connectivity index (χ1) is 8.74. The van der Waals surface area contributed by atoms with Gasteiger partial charge in [-0.25, -0.2) is 4.98 Å². The molecule has 3 rings (SSSR count). The Balaban J connectivity index is 2.27. The topological polar surface area (TPSA) is 12.9 Å². The average molecular weight is 233 g/mol. The van der Waals surface area contributed by atoms with Crippen LogP contribution in [0.2, 0.25) is 0 Å². The van der Waals surface area contributed by atoms with Gasteiger partial charge in [0.25, 0.3) is 0 Å². The third-order valence-corrected chi connectivity index (χ3v) is 3.21. The molecule has 0 atom stereocenters. The van der Waals surface area contributed by atoms with Crippen molar-refractivity contribution in [2.24, 2.45) is 0 Å². The molecule has 88 valence electrons. The fourth-order valence-corrected chi connectivity index (χ4v) is 2.27. The summed E-state index contributed by atoms with van der Waals surface area (Å²) >= 11 is 0. The fraction of sp³-hybridized carbons (Fsp3) is 0.118. The minimum Gasteiger partial charge on any atom is -0.248 e. The van der Waals surface area contributed by atoms with Crippen LogP contribution in [0.15, 0.2) is 54.6 Å². The van der Waals surface area contributed by atoms with Crippen molar-refractivity contribution in [2.45, 2.75) is 13.8 Å². The summed E-state index contributed by atoms with van der Waals surface area (Å²) < 4.78 is 0. The summed E-state index contributed by atoms with van der Waals surface area (Å²) in [5.74, 6) is 0. The molecule has 0 unspecified atom stereocenters. The maximum atomic E-state index is 4.81. The zero-order chi connectivity index (χ0) is 12.5. The molecular weight excluding hydrogens is 218 g/mol. The Hall–Kier alpha value is -2.15. The van der Waals surface area contributed by atoms with Crippen LogP contribution in [0.3, 0.4) is 0 Å². The molecule has 18 heavy (non-hydrogen) atoms. The number of hydrogen-bond acceptors (Lipinski definition) is 1. The first kappa shape index (κ1) is 11.0. The Morgan fingerprint density at radius 2 is 1.61 bits per heavy atom. The van der Waals surface area contributed by atoms with E-state index in [2.05, 4.69) is 62.4 Å². The summed E-state index contributed by atoms with van der Waals surface area (Å²) in [4.78, 5) is 4.81. The van der Waals surface area contributed by atoms with Crippen molar-refractivity contribution in [2.75, 3.05) is 0 Å². The zero-order valence-electron chi connectivity index (χ0n) is 10.6. The molecule has 0 bridgehead atoms. The Labute approximate surface area is 107 Å². The van der Waals surface area contributed by atoms with Crippen molar-refractivity contribution in [3.8, 4) is 11.3 Å². The van der Waals surface area contributed by atoms with Crippen LogP contribution in [0.4, 0.5) is 0 Å². The molecule has 0 N–H and O–H groups in total. The first-order valence-electron chi connectivity index (χ1n) is 6.17. The van der Waals surface area contributed by atoms with Crippen LogP contribution in [0.5, 0.6) is 0 Å². The molecule has 0 radical (unpaired) electrons. The van der Waals surface area contributed by atoms with Crippen molar-refractivity contribution in [3.63, 3.8) is 0 Å². The van der Waals surface area contributed by atoms with Gasteiger partial charge in [-0.3, -0.25) is 0 Å². The van der Waals surface area contributed by atoms with Crippen molar-refractivity contribution >= 4 is 10.9 Å². The molecule has 1 heteroatoms. The van der Waals surface area contributed by atoms with Crippen LogP contribution in [-0.4, -0.2) is 4.98 Å². The van der Waals surface area contributed by atoms with Gasteiger partial charge in [0, 0.05) is 10.9 Å². The number of benzene rings is 2. The Bertz CT molecular complexity index is 699. The van der Waals surface area contributed by atoms with E-state index in [-0.39, 0.29) is 0 Å². The van der Waals surface area contributed by atoms with Crippen molar-refractivity contribution in [3.05, 3.63) is 65.7 Å². The molecule has 0 fully saturated rings. The fourth-order valence-electron chi connectivity index (χ4n) is 2.27. The van der Waals surface area contributed by atoms with E-state index in [0.717, 1.165) is 11.2 Å². The van der Waals surface area contributed by atoms with Crippen LogP contribution in [0.25, 0.3) is 22.2 Å². The molecule has 1 nitrogen and oxygen atoms in total. The number of aromatic nitrogens is 1. The predicted molar refractivity (Wildman–Crippen MR) is 76.7 cm³/mol. The molecule has 3 aromatic rings. The van der Waals surface area contributed by atoms with Gasteiger partial charge in [-0.05, 0) is 37.1 Å². The summed E-state index contributed by atoms with van der Waals surface area (Å²) in [6.45, 7) is 4.22. The highest BCUT2D eigenvalue weighted by Gasteiger charge is 2.05. The molecule has 0 aliphatic carbocycles. The summed E-state index contributed by atoms with van der Waals surface area (Å²) in [6.07, 6.45) is 0. The highest BCUT2D eigenvalue weighted by Crippen LogP contribution is 2.25. The largest absolute Gasteiger partial charge is 0.248 e. The number of nitrogens with zero attached hydrogens (tertiary/aromatic N) is 1. The summed E-state index contributed by atoms with van der Waals surface area (Å²) in [5.41, 5.74) is 5.79. The van der Waals surface area contributed by atoms with Crippen molar-refractivity contribution in [1.29, 1.82) is 0 Å². The maximum Gasteiger partial charge on any atom is 0.0738 e. The van der Waals surface area contributed by atoms with Gasteiger partial charge in [-0.1, -0.05) is 42.5 Å². The van der Waals surface area contributed by atoms with Crippen LogP contribution in [0.1, 0.15) is 11.1 Å². The number of aryl methyl sites for hydroxylation is 2. The lowest BCUT2D eigenvalue weighted by atomic mass is 10.0. The van der Waals surface area contributed by atoms with E-state index < -0.39 is 0 Å². The molecule has 1 aromatic heterocycles. The standard InChI is InChI=1S/C17H15N/c1-12-8-9-15-11-13(2)17(18-16(15)10-12)14-6-4-3-5-7-14/h3-11H,1-2H3. The van der Waals surface area contributed by atoms with E-state index in [9.17, 15) is 0 Å². The highest BCUT2D eigenvalue weighted by atomic mass is 14.7. The van der Waals surface area contributed by atoms with Gasteiger partial charge in [-0.2, -0.15) is 0 Å². The minimum atomic E-state index is 1.07. The van der Waals surface area contributed by atoms with E-state index in [0.29, 0.717) is 0 Å². The van der Waals surface area contributed by atoms with E-state index in [1.54, 1.807) is 0 Å². The quantitative estimate of drug-likeness (QED) is 0.602. The smallest absolute Gasteiger partial charge is 0.0738 e. The molecule has 1 heterocycles. The summed E-state index contributed by atoms with van der Waals surface area (Å²) in [6, 6.07) is 19.0. The third-order valence-electron chi connectivity index (χ3n) is 3.21. The molecule has 0 saturated carbocycles. The SMILES string of the molecule is Cc1ccc2cc(C)c(-c3ccccc3)nc2c1. The van der Waals surface area contributed by atoms with Gasteiger partial charge in [0.15, 0.2) is 0 Å². The molecule has 0 aliphatic heterocycles. The minimum absolute atomic E-state index is 1.07. The number of rotatable bonds is 1. The third kappa shape index (κ3) is 1.88. The Kier molecular flexibility index (Phi) is 2.60. The monoisotopic (exact) mass is 233 g/mol. The molecule has 0 spiro atoms. The molecule has 0 amide bonds. The van der Waals surface area contributed by atoms with Gasteiger partial charge in [-0.15, -0.1) is 0 Å². The van der Waals surface area contributed by atoms with Crippen molar-refractivity contribution in [1.82, 2.24) is 4.98 Å².